The highest BCUT2D eigenvalue weighted by Gasteiger charge is 2.18. The van der Waals surface area contributed by atoms with Gasteiger partial charge in [0.15, 0.2) is 6.61 Å². The second-order valence-electron chi connectivity index (χ2n) is 5.62. The Labute approximate surface area is 141 Å². The van der Waals surface area contributed by atoms with Crippen molar-refractivity contribution in [3.63, 3.8) is 0 Å². The maximum Gasteiger partial charge on any atom is 0.328 e. The van der Waals surface area contributed by atoms with Crippen LogP contribution in [0.1, 0.15) is 18.5 Å². The Morgan fingerprint density at radius 2 is 2.12 bits per heavy atom. The van der Waals surface area contributed by atoms with E-state index in [1.165, 1.54) is 12.3 Å². The van der Waals surface area contributed by atoms with E-state index >= 15 is 0 Å². The van der Waals surface area contributed by atoms with Gasteiger partial charge in [0.2, 0.25) is 5.91 Å². The lowest BCUT2D eigenvalue weighted by molar-refractivity contribution is -0.122. The molecule has 3 N–H and O–H groups in total. The summed E-state index contributed by atoms with van der Waals surface area (Å²) in [6, 6.07) is 6.05. The Balaban J connectivity index is 1.69. The van der Waals surface area contributed by atoms with Gasteiger partial charge in [-0.15, -0.1) is 0 Å². The highest BCUT2D eigenvalue weighted by Crippen LogP contribution is 2.30. The lowest BCUT2D eigenvalue weighted by Crippen LogP contribution is -2.36. The van der Waals surface area contributed by atoms with Crippen LogP contribution in [-0.4, -0.2) is 28.0 Å². The van der Waals surface area contributed by atoms with Gasteiger partial charge < -0.3 is 15.4 Å². The summed E-state index contributed by atoms with van der Waals surface area (Å²) in [6.45, 7) is 1.54. The van der Waals surface area contributed by atoms with Gasteiger partial charge in [0.05, 0.1) is 11.7 Å². The minimum atomic E-state index is -0.649. The van der Waals surface area contributed by atoms with Crippen molar-refractivity contribution in [3.8, 4) is 5.75 Å². The van der Waals surface area contributed by atoms with Crippen LogP contribution in [0.5, 0.6) is 5.75 Å². The summed E-state index contributed by atoms with van der Waals surface area (Å²) in [4.78, 5) is 48.2. The molecular weight excluding hydrogens is 328 g/mol. The summed E-state index contributed by atoms with van der Waals surface area (Å²) < 4.78 is 6.39. The van der Waals surface area contributed by atoms with Gasteiger partial charge in [0.1, 0.15) is 12.3 Å². The Bertz CT molecular complexity index is 946. The van der Waals surface area contributed by atoms with Crippen LogP contribution in [0.15, 0.2) is 40.1 Å². The number of aromatic amines is 1. The van der Waals surface area contributed by atoms with Crippen molar-refractivity contribution in [2.24, 2.45) is 0 Å². The highest BCUT2D eigenvalue weighted by atomic mass is 16.5. The molecular formula is C16H16N4O5. The summed E-state index contributed by atoms with van der Waals surface area (Å²) in [5, 5.41) is 5.47. The SMILES string of the molecule is C[C@@H](NC(=O)Cn1ccc(=O)[nH]c1=O)c1ccc2c(c1)NC(=O)CO2. The van der Waals surface area contributed by atoms with Crippen LogP contribution in [0.2, 0.25) is 0 Å². The maximum absolute atomic E-state index is 12.1. The number of H-pyrrole nitrogens is 1. The number of nitrogens with one attached hydrogen (secondary N) is 3. The van der Waals surface area contributed by atoms with E-state index in [-0.39, 0.29) is 31.0 Å². The number of nitrogens with zero attached hydrogens (tertiary/aromatic N) is 1. The van der Waals surface area contributed by atoms with Gasteiger partial charge in [-0.1, -0.05) is 6.07 Å². The molecule has 3 rings (SSSR count). The van der Waals surface area contributed by atoms with Crippen molar-refractivity contribution < 1.29 is 14.3 Å². The molecule has 0 spiro atoms. The summed E-state index contributed by atoms with van der Waals surface area (Å²) in [5.74, 6) is -0.0555. The first-order chi connectivity index (χ1) is 11.9. The van der Waals surface area contributed by atoms with Crippen molar-refractivity contribution in [2.75, 3.05) is 11.9 Å². The smallest absolute Gasteiger partial charge is 0.328 e. The van der Waals surface area contributed by atoms with Gasteiger partial charge in [-0.2, -0.15) is 0 Å². The standard InChI is InChI=1S/C16H16N4O5/c1-9(10-2-3-12-11(6-10)18-15(23)8-25-12)17-14(22)7-20-5-4-13(21)19-16(20)24/h2-6,9H,7-8H2,1H3,(H,17,22)(H,18,23)(H,19,21,24)/t9-/m1/s1. The van der Waals surface area contributed by atoms with E-state index in [0.717, 1.165) is 10.1 Å². The molecule has 0 saturated heterocycles. The van der Waals surface area contributed by atoms with Gasteiger partial charge in [0.25, 0.3) is 11.5 Å². The molecule has 0 aliphatic carbocycles. The molecule has 1 aliphatic rings. The van der Waals surface area contributed by atoms with Gasteiger partial charge in [-0.3, -0.25) is 23.9 Å². The molecule has 0 bridgehead atoms. The Hall–Kier alpha value is -3.36. The first-order valence-corrected chi connectivity index (χ1v) is 7.58. The molecule has 0 radical (unpaired) electrons. The van der Waals surface area contributed by atoms with Gasteiger partial charge in [0, 0.05) is 12.3 Å². The van der Waals surface area contributed by atoms with Crippen molar-refractivity contribution in [3.05, 3.63) is 56.9 Å². The number of ether oxygens (including phenoxy) is 1. The van der Waals surface area contributed by atoms with E-state index < -0.39 is 11.2 Å². The van der Waals surface area contributed by atoms with Gasteiger partial charge >= 0.3 is 5.69 Å². The molecule has 2 heterocycles. The molecule has 1 aromatic heterocycles. The Morgan fingerprint density at radius 1 is 1.32 bits per heavy atom. The topological polar surface area (TPSA) is 122 Å². The lowest BCUT2D eigenvalue weighted by Gasteiger charge is -2.21. The number of aromatic nitrogens is 2. The average molecular weight is 344 g/mol. The van der Waals surface area contributed by atoms with Crippen LogP contribution in [0.4, 0.5) is 5.69 Å². The summed E-state index contributed by atoms with van der Waals surface area (Å²) in [5.41, 5.74) is 0.149. The number of hydrogen-bond acceptors (Lipinski definition) is 5. The number of benzene rings is 1. The molecule has 9 heteroatoms. The maximum atomic E-state index is 12.1. The van der Waals surface area contributed by atoms with E-state index in [1.807, 2.05) is 0 Å². The summed E-state index contributed by atoms with van der Waals surface area (Å²) in [6.07, 6.45) is 1.26. The monoisotopic (exact) mass is 344 g/mol. The predicted octanol–water partition coefficient (Wildman–Crippen LogP) is -0.255. The fraction of sp³-hybridized carbons (Fsp3) is 0.250. The molecule has 0 unspecified atom stereocenters. The molecule has 0 fully saturated rings. The van der Waals surface area contributed by atoms with E-state index in [1.54, 1.807) is 25.1 Å². The molecule has 0 saturated carbocycles. The van der Waals surface area contributed by atoms with Crippen molar-refractivity contribution in [1.82, 2.24) is 14.9 Å². The summed E-state index contributed by atoms with van der Waals surface area (Å²) in [7, 11) is 0. The minimum absolute atomic E-state index is 0.0213. The van der Waals surface area contributed by atoms with Gasteiger partial charge in [-0.05, 0) is 24.6 Å². The van der Waals surface area contributed by atoms with Crippen molar-refractivity contribution >= 4 is 17.5 Å². The van der Waals surface area contributed by atoms with E-state index in [2.05, 4.69) is 15.6 Å². The number of amides is 2. The third-order valence-electron chi connectivity index (χ3n) is 3.72. The zero-order valence-electron chi connectivity index (χ0n) is 13.4. The number of fused-ring (bicyclic) bond motifs is 1. The van der Waals surface area contributed by atoms with E-state index in [4.69, 9.17) is 4.74 Å². The van der Waals surface area contributed by atoms with Crippen molar-refractivity contribution in [2.45, 2.75) is 19.5 Å². The fourth-order valence-corrected chi connectivity index (χ4v) is 2.46. The molecule has 130 valence electrons. The second-order valence-corrected chi connectivity index (χ2v) is 5.62. The highest BCUT2D eigenvalue weighted by molar-refractivity contribution is 5.95. The fourth-order valence-electron chi connectivity index (χ4n) is 2.46. The number of rotatable bonds is 4. The first-order valence-electron chi connectivity index (χ1n) is 7.58. The number of carbonyl (C=O) groups excluding carboxylic acids is 2. The van der Waals surface area contributed by atoms with Crippen LogP contribution < -0.4 is 26.6 Å². The number of anilines is 1. The molecule has 25 heavy (non-hydrogen) atoms. The molecule has 2 amide bonds. The average Bonchev–Trinajstić information content (AvgIpc) is 2.56. The normalized spacial score (nSPS) is 14.0. The van der Waals surface area contributed by atoms with E-state index in [0.29, 0.717) is 11.4 Å². The Kier molecular flexibility index (Phi) is 4.38. The Morgan fingerprint density at radius 3 is 2.88 bits per heavy atom. The largest absolute Gasteiger partial charge is 0.482 e. The summed E-state index contributed by atoms with van der Waals surface area (Å²) >= 11 is 0. The third-order valence-corrected chi connectivity index (χ3v) is 3.72. The van der Waals surface area contributed by atoms with Crippen LogP contribution in [0, 0.1) is 0 Å². The lowest BCUT2D eigenvalue weighted by atomic mass is 10.1. The minimum Gasteiger partial charge on any atom is -0.482 e. The van der Waals surface area contributed by atoms with Crippen LogP contribution in [0.3, 0.4) is 0 Å². The zero-order chi connectivity index (χ0) is 18.0. The molecule has 2 aromatic rings. The predicted molar refractivity (Wildman–Crippen MR) is 88.4 cm³/mol. The molecule has 1 atom stereocenters. The van der Waals surface area contributed by atoms with Crippen LogP contribution >= 0.6 is 0 Å². The van der Waals surface area contributed by atoms with Crippen molar-refractivity contribution in [1.29, 1.82) is 0 Å². The molecule has 1 aromatic carbocycles. The van der Waals surface area contributed by atoms with Gasteiger partial charge in [-0.25, -0.2) is 4.79 Å². The third kappa shape index (κ3) is 3.77. The van der Waals surface area contributed by atoms with Crippen LogP contribution in [-0.2, 0) is 16.1 Å². The molecule has 9 nitrogen and oxygen atoms in total. The number of carbonyl (C=O) groups is 2. The zero-order valence-corrected chi connectivity index (χ0v) is 13.4. The number of hydrogen-bond donors (Lipinski definition) is 3. The van der Waals surface area contributed by atoms with E-state index in [9.17, 15) is 19.2 Å². The first kappa shape index (κ1) is 16.5. The second kappa shape index (κ2) is 6.63. The van der Waals surface area contributed by atoms with Crippen LogP contribution in [0.25, 0.3) is 0 Å². The molecule has 1 aliphatic heterocycles. The quantitative estimate of drug-likeness (QED) is 0.706.